The van der Waals surface area contributed by atoms with E-state index in [-0.39, 0.29) is 11.6 Å². The molecule has 0 unspecified atom stereocenters. The van der Waals surface area contributed by atoms with Gasteiger partial charge in [0.05, 0.1) is 10.7 Å². The first-order valence-electron chi connectivity index (χ1n) is 5.85. The lowest BCUT2D eigenvalue weighted by molar-refractivity contribution is -0.118. The number of benzene rings is 1. The van der Waals surface area contributed by atoms with Crippen LogP contribution in [0.4, 0.5) is 10.1 Å². The summed E-state index contributed by atoms with van der Waals surface area (Å²) in [4.78, 5) is 15.7. The van der Waals surface area contributed by atoms with E-state index < -0.39 is 11.7 Å². The molecule has 1 aromatic carbocycles. The number of aromatic nitrogens is 1. The summed E-state index contributed by atoms with van der Waals surface area (Å²) in [6.45, 7) is 1.70. The zero-order chi connectivity index (χ0) is 14.5. The maximum absolute atomic E-state index is 12.9. The van der Waals surface area contributed by atoms with Crippen LogP contribution in [-0.2, 0) is 4.79 Å². The summed E-state index contributed by atoms with van der Waals surface area (Å²) < 4.78 is 18.1. The molecule has 1 amide bonds. The molecule has 0 aliphatic rings. The topological polar surface area (TPSA) is 51.2 Å². The molecule has 0 radical (unpaired) electrons. The quantitative estimate of drug-likeness (QED) is 0.942. The maximum Gasteiger partial charge on any atom is 0.262 e. The Kier molecular flexibility index (Phi) is 4.53. The van der Waals surface area contributed by atoms with Crippen LogP contribution in [-0.4, -0.2) is 17.5 Å². The summed E-state index contributed by atoms with van der Waals surface area (Å²) in [5.41, 5.74) is 1.33. The zero-order valence-electron chi connectivity index (χ0n) is 10.7. The first-order valence-corrected chi connectivity index (χ1v) is 6.23. The van der Waals surface area contributed by atoms with Gasteiger partial charge in [-0.2, -0.15) is 0 Å². The lowest BCUT2D eigenvalue weighted by Crippen LogP contribution is -2.20. The summed E-state index contributed by atoms with van der Waals surface area (Å²) in [6, 6.07) is 7.23. The van der Waals surface area contributed by atoms with E-state index in [1.807, 2.05) is 13.0 Å². The van der Waals surface area contributed by atoms with E-state index in [0.29, 0.717) is 11.6 Å². The molecular formula is C14H12ClFN2O2. The highest BCUT2D eigenvalue weighted by atomic mass is 35.5. The van der Waals surface area contributed by atoms with Crippen LogP contribution in [0.5, 0.6) is 5.88 Å². The number of halogens is 2. The fourth-order valence-corrected chi connectivity index (χ4v) is 1.67. The van der Waals surface area contributed by atoms with Gasteiger partial charge >= 0.3 is 0 Å². The molecule has 0 spiro atoms. The fraction of sp³-hybridized carbons (Fsp3) is 0.143. The molecular weight excluding hydrogens is 283 g/mol. The highest BCUT2D eigenvalue weighted by molar-refractivity contribution is 6.33. The average molecular weight is 295 g/mol. The molecule has 0 saturated heterocycles. The summed E-state index contributed by atoms with van der Waals surface area (Å²) >= 11 is 5.80. The predicted octanol–water partition coefficient (Wildman–Crippen LogP) is 3.20. The van der Waals surface area contributed by atoms with Crippen molar-refractivity contribution < 1.29 is 13.9 Å². The number of amides is 1. The fourth-order valence-electron chi connectivity index (χ4n) is 1.46. The number of carbonyl (C=O) groups excluding carboxylic acids is 1. The number of carbonyl (C=O) groups is 1. The molecule has 104 valence electrons. The monoisotopic (exact) mass is 294 g/mol. The van der Waals surface area contributed by atoms with Crippen LogP contribution in [0.1, 0.15) is 5.56 Å². The molecule has 6 heteroatoms. The first-order chi connectivity index (χ1) is 9.54. The Hall–Kier alpha value is -2.14. The third-order valence-electron chi connectivity index (χ3n) is 2.44. The third-order valence-corrected chi connectivity index (χ3v) is 2.75. The molecule has 2 aromatic rings. The molecule has 0 atom stereocenters. The summed E-state index contributed by atoms with van der Waals surface area (Å²) in [7, 11) is 0. The van der Waals surface area contributed by atoms with Crippen LogP contribution in [0.15, 0.2) is 36.5 Å². The minimum Gasteiger partial charge on any atom is -0.468 e. The molecule has 20 heavy (non-hydrogen) atoms. The number of nitrogens with one attached hydrogen (secondary N) is 1. The molecule has 1 aromatic heterocycles. The lowest BCUT2D eigenvalue weighted by Gasteiger charge is -2.08. The zero-order valence-corrected chi connectivity index (χ0v) is 11.4. The Morgan fingerprint density at radius 1 is 1.40 bits per heavy atom. The van der Waals surface area contributed by atoms with Crippen LogP contribution >= 0.6 is 11.6 Å². The van der Waals surface area contributed by atoms with Gasteiger partial charge in [0.15, 0.2) is 6.61 Å². The molecule has 4 nitrogen and oxygen atoms in total. The van der Waals surface area contributed by atoms with E-state index in [0.717, 1.165) is 11.6 Å². The molecule has 2 rings (SSSR count). The van der Waals surface area contributed by atoms with Crippen LogP contribution in [0.3, 0.4) is 0 Å². The van der Waals surface area contributed by atoms with Gasteiger partial charge in [0.2, 0.25) is 5.88 Å². The van der Waals surface area contributed by atoms with Gasteiger partial charge in [0.1, 0.15) is 5.82 Å². The number of hydrogen-bond acceptors (Lipinski definition) is 3. The number of ether oxygens (including phenoxy) is 1. The Labute approximate surface area is 120 Å². The number of hydrogen-bond donors (Lipinski definition) is 1. The lowest BCUT2D eigenvalue weighted by atomic mass is 10.3. The highest BCUT2D eigenvalue weighted by Crippen LogP contribution is 2.22. The third kappa shape index (κ3) is 3.93. The largest absolute Gasteiger partial charge is 0.468 e. The number of anilines is 1. The predicted molar refractivity (Wildman–Crippen MR) is 74.5 cm³/mol. The van der Waals surface area contributed by atoms with E-state index in [1.54, 1.807) is 12.3 Å². The minimum atomic E-state index is -0.465. The second-order valence-corrected chi connectivity index (χ2v) is 4.54. The van der Waals surface area contributed by atoms with Crippen LogP contribution in [0, 0.1) is 12.7 Å². The second kappa shape index (κ2) is 6.34. The van der Waals surface area contributed by atoms with E-state index in [2.05, 4.69) is 10.3 Å². The molecule has 0 aliphatic heterocycles. The molecule has 1 heterocycles. The van der Waals surface area contributed by atoms with E-state index in [4.69, 9.17) is 16.3 Å². The van der Waals surface area contributed by atoms with Crippen molar-refractivity contribution in [3.63, 3.8) is 0 Å². The van der Waals surface area contributed by atoms with Crippen molar-refractivity contribution in [3.8, 4) is 5.88 Å². The van der Waals surface area contributed by atoms with Gasteiger partial charge in [0, 0.05) is 12.3 Å². The number of pyridine rings is 1. The standard InChI is InChI=1S/C14H12ClFN2O2/c1-9-2-5-14(17-7-9)20-8-13(19)18-12-4-3-10(16)6-11(12)15/h2-7H,8H2,1H3,(H,18,19). The van der Waals surface area contributed by atoms with Crippen LogP contribution in [0.2, 0.25) is 5.02 Å². The van der Waals surface area contributed by atoms with Crippen molar-refractivity contribution in [1.82, 2.24) is 4.98 Å². The van der Waals surface area contributed by atoms with Crippen molar-refractivity contribution in [2.24, 2.45) is 0 Å². The Morgan fingerprint density at radius 2 is 2.20 bits per heavy atom. The van der Waals surface area contributed by atoms with Crippen molar-refractivity contribution >= 4 is 23.2 Å². The molecule has 0 saturated carbocycles. The van der Waals surface area contributed by atoms with E-state index in [1.165, 1.54) is 12.1 Å². The average Bonchev–Trinajstić information content (AvgIpc) is 2.41. The van der Waals surface area contributed by atoms with Crippen LogP contribution in [0.25, 0.3) is 0 Å². The maximum atomic E-state index is 12.9. The van der Waals surface area contributed by atoms with Gasteiger partial charge < -0.3 is 10.1 Å². The van der Waals surface area contributed by atoms with E-state index in [9.17, 15) is 9.18 Å². The van der Waals surface area contributed by atoms with Gasteiger partial charge in [0.25, 0.3) is 5.91 Å². The van der Waals surface area contributed by atoms with Gasteiger partial charge in [-0.25, -0.2) is 9.37 Å². The number of rotatable bonds is 4. The summed E-state index contributed by atoms with van der Waals surface area (Å²) in [6.07, 6.45) is 1.64. The summed E-state index contributed by atoms with van der Waals surface area (Å²) in [5.74, 6) is -0.509. The minimum absolute atomic E-state index is 0.131. The molecule has 1 N–H and O–H groups in total. The normalized spacial score (nSPS) is 10.2. The van der Waals surface area contributed by atoms with Crippen molar-refractivity contribution in [2.45, 2.75) is 6.92 Å². The van der Waals surface area contributed by atoms with Gasteiger partial charge in [-0.15, -0.1) is 0 Å². The second-order valence-electron chi connectivity index (χ2n) is 4.13. The SMILES string of the molecule is Cc1ccc(OCC(=O)Nc2ccc(F)cc2Cl)nc1. The smallest absolute Gasteiger partial charge is 0.262 e. The molecule has 0 bridgehead atoms. The van der Waals surface area contributed by atoms with Crippen LogP contribution < -0.4 is 10.1 Å². The van der Waals surface area contributed by atoms with Crippen molar-refractivity contribution in [3.05, 3.63) is 52.9 Å². The van der Waals surface area contributed by atoms with Gasteiger partial charge in [-0.3, -0.25) is 4.79 Å². The van der Waals surface area contributed by atoms with Gasteiger partial charge in [-0.1, -0.05) is 17.7 Å². The number of nitrogens with zero attached hydrogens (tertiary/aromatic N) is 1. The number of aryl methyl sites for hydroxylation is 1. The van der Waals surface area contributed by atoms with Gasteiger partial charge in [-0.05, 0) is 30.7 Å². The van der Waals surface area contributed by atoms with Crippen molar-refractivity contribution in [2.75, 3.05) is 11.9 Å². The summed E-state index contributed by atoms with van der Waals surface area (Å²) in [5, 5.41) is 2.66. The van der Waals surface area contributed by atoms with Crippen molar-refractivity contribution in [1.29, 1.82) is 0 Å². The molecule has 0 fully saturated rings. The van der Waals surface area contributed by atoms with E-state index >= 15 is 0 Å². The Morgan fingerprint density at radius 3 is 2.85 bits per heavy atom. The Balaban J connectivity index is 1.90. The first kappa shape index (κ1) is 14.3. The molecule has 0 aliphatic carbocycles. The Bertz CT molecular complexity index is 617. The highest BCUT2D eigenvalue weighted by Gasteiger charge is 2.08.